The summed E-state index contributed by atoms with van der Waals surface area (Å²) in [4.78, 5) is 4.96. The van der Waals surface area contributed by atoms with Crippen LogP contribution in [0.2, 0.25) is 0 Å². The molecule has 0 amide bonds. The maximum atomic E-state index is 4.96. The zero-order valence-electron chi connectivity index (χ0n) is 24.3. The van der Waals surface area contributed by atoms with Crippen LogP contribution in [0.15, 0.2) is 103 Å². The van der Waals surface area contributed by atoms with Gasteiger partial charge in [0.25, 0.3) is 0 Å². The van der Waals surface area contributed by atoms with E-state index < -0.39 is 0 Å². The van der Waals surface area contributed by atoms with Gasteiger partial charge >= 0.3 is 0 Å². The van der Waals surface area contributed by atoms with Crippen LogP contribution in [0.3, 0.4) is 0 Å². The van der Waals surface area contributed by atoms with Gasteiger partial charge in [-0.05, 0) is 116 Å². The third-order valence-electron chi connectivity index (χ3n) is 6.43. The van der Waals surface area contributed by atoms with Crippen molar-refractivity contribution in [3.8, 4) is 47.4 Å². The third-order valence-corrected chi connectivity index (χ3v) is 6.43. The van der Waals surface area contributed by atoms with Crippen molar-refractivity contribution in [2.24, 2.45) is 0 Å². The first kappa shape index (κ1) is 27.8. The second-order valence-electron chi connectivity index (χ2n) is 10.3. The maximum absolute atomic E-state index is 4.96. The molecule has 1 heteroatoms. The maximum Gasteiger partial charge on any atom is 0.130 e. The minimum atomic E-state index is 0.575. The van der Waals surface area contributed by atoms with Gasteiger partial charge in [-0.25, -0.2) is 4.98 Å². The van der Waals surface area contributed by atoms with Gasteiger partial charge in [-0.2, -0.15) is 0 Å². The first-order valence-electron chi connectivity index (χ1n) is 13.8. The van der Waals surface area contributed by atoms with Gasteiger partial charge in [0.05, 0.1) is 11.1 Å². The normalized spacial score (nSPS) is 9.62. The molecule has 1 aromatic heterocycles. The van der Waals surface area contributed by atoms with E-state index in [4.69, 9.17) is 4.98 Å². The SMILES string of the molecule is Cc1cccc(C#Cc2cc(C#Cc3cccc(C)c3)c(C#Cc3cccc(C)c3)nc2C#Cc2cccc(C)c2)c1. The van der Waals surface area contributed by atoms with Gasteiger partial charge in [0.1, 0.15) is 11.4 Å². The van der Waals surface area contributed by atoms with Crippen LogP contribution in [0.1, 0.15) is 67.0 Å². The largest absolute Gasteiger partial charge is 0.228 e. The Morgan fingerprint density at radius 3 is 0.976 bits per heavy atom. The fraction of sp³-hybridized carbons (Fsp3) is 0.0976. The van der Waals surface area contributed by atoms with Crippen molar-refractivity contribution in [2.75, 3.05) is 0 Å². The number of hydrogen-bond donors (Lipinski definition) is 0. The number of hydrogen-bond acceptors (Lipinski definition) is 1. The summed E-state index contributed by atoms with van der Waals surface area (Å²) >= 11 is 0. The summed E-state index contributed by atoms with van der Waals surface area (Å²) < 4.78 is 0. The smallest absolute Gasteiger partial charge is 0.130 e. The van der Waals surface area contributed by atoms with Gasteiger partial charge in [0.2, 0.25) is 0 Å². The first-order chi connectivity index (χ1) is 20.4. The highest BCUT2D eigenvalue weighted by molar-refractivity contribution is 5.60. The lowest BCUT2D eigenvalue weighted by atomic mass is 10.0. The van der Waals surface area contributed by atoms with E-state index in [1.165, 1.54) is 0 Å². The molecule has 0 N–H and O–H groups in total. The molecule has 4 aromatic carbocycles. The molecule has 0 saturated heterocycles. The molecule has 5 aromatic rings. The number of rotatable bonds is 0. The zero-order valence-corrected chi connectivity index (χ0v) is 24.3. The highest BCUT2D eigenvalue weighted by Gasteiger charge is 2.08. The van der Waals surface area contributed by atoms with Crippen molar-refractivity contribution in [2.45, 2.75) is 27.7 Å². The fourth-order valence-corrected chi connectivity index (χ4v) is 4.33. The molecule has 0 spiro atoms. The predicted octanol–water partition coefficient (Wildman–Crippen LogP) is 7.91. The molecule has 0 bridgehead atoms. The van der Waals surface area contributed by atoms with Crippen LogP contribution in [-0.2, 0) is 0 Å². The lowest BCUT2D eigenvalue weighted by Crippen LogP contribution is -1.98. The van der Waals surface area contributed by atoms with Crippen LogP contribution in [0, 0.1) is 75.1 Å². The van der Waals surface area contributed by atoms with Crippen LogP contribution in [0.4, 0.5) is 0 Å². The van der Waals surface area contributed by atoms with Crippen LogP contribution in [0.25, 0.3) is 0 Å². The molecule has 0 aliphatic heterocycles. The van der Waals surface area contributed by atoms with E-state index in [1.807, 2.05) is 54.6 Å². The number of nitrogens with zero attached hydrogens (tertiary/aromatic N) is 1. The van der Waals surface area contributed by atoms with Gasteiger partial charge < -0.3 is 0 Å². The highest BCUT2D eigenvalue weighted by atomic mass is 14.7. The molecule has 0 fully saturated rings. The van der Waals surface area contributed by atoms with Crippen molar-refractivity contribution in [1.29, 1.82) is 0 Å². The molecule has 0 unspecified atom stereocenters. The Kier molecular flexibility index (Phi) is 8.67. The Labute approximate surface area is 249 Å². The standard InChI is InChI=1S/C41H29N/c1-30-9-5-13-34(25-30)17-21-38-29-39(22-18-35-14-6-10-31(2)26-35)41(24-20-37-16-8-12-33(4)28-37)42-40(38)23-19-36-15-7-11-32(3)27-36/h5-16,25-29H,1-4H3. The van der Waals surface area contributed by atoms with E-state index in [0.717, 1.165) is 44.5 Å². The van der Waals surface area contributed by atoms with Gasteiger partial charge in [-0.1, -0.05) is 84.1 Å². The molecule has 198 valence electrons. The summed E-state index contributed by atoms with van der Waals surface area (Å²) in [5, 5.41) is 0. The molecule has 0 radical (unpaired) electrons. The summed E-state index contributed by atoms with van der Waals surface area (Å²) in [6, 6.07) is 34.5. The van der Waals surface area contributed by atoms with Gasteiger partial charge in [-0.15, -0.1) is 0 Å². The van der Waals surface area contributed by atoms with E-state index in [2.05, 4.69) is 124 Å². The molecule has 42 heavy (non-hydrogen) atoms. The number of pyridine rings is 1. The third kappa shape index (κ3) is 7.68. The van der Waals surface area contributed by atoms with E-state index in [0.29, 0.717) is 22.5 Å². The lowest BCUT2D eigenvalue weighted by molar-refractivity contribution is 1.22. The summed E-state index contributed by atoms with van der Waals surface area (Å²) in [5.74, 6) is 26.4. The summed E-state index contributed by atoms with van der Waals surface area (Å²) in [6.45, 7) is 8.24. The Morgan fingerprint density at radius 1 is 0.357 bits per heavy atom. The Morgan fingerprint density at radius 2 is 0.667 bits per heavy atom. The van der Waals surface area contributed by atoms with Crippen LogP contribution >= 0.6 is 0 Å². The topological polar surface area (TPSA) is 12.9 Å². The predicted molar refractivity (Wildman–Crippen MR) is 173 cm³/mol. The zero-order chi connectivity index (χ0) is 29.3. The van der Waals surface area contributed by atoms with Crippen LogP contribution in [-0.4, -0.2) is 4.98 Å². The van der Waals surface area contributed by atoms with Crippen molar-refractivity contribution in [3.63, 3.8) is 0 Å². The minimum absolute atomic E-state index is 0.575. The molecule has 1 heterocycles. The number of benzene rings is 4. The highest BCUT2D eigenvalue weighted by Crippen LogP contribution is 2.14. The van der Waals surface area contributed by atoms with Crippen molar-refractivity contribution < 1.29 is 0 Å². The van der Waals surface area contributed by atoms with Crippen LogP contribution < -0.4 is 0 Å². The van der Waals surface area contributed by atoms with E-state index in [1.54, 1.807) is 0 Å². The Bertz CT molecular complexity index is 1750. The minimum Gasteiger partial charge on any atom is -0.228 e. The molecule has 0 aliphatic rings. The van der Waals surface area contributed by atoms with Crippen molar-refractivity contribution in [1.82, 2.24) is 4.98 Å². The monoisotopic (exact) mass is 535 g/mol. The fourth-order valence-electron chi connectivity index (χ4n) is 4.33. The average molecular weight is 536 g/mol. The molecule has 0 atom stereocenters. The van der Waals surface area contributed by atoms with Crippen LogP contribution in [0.5, 0.6) is 0 Å². The summed E-state index contributed by atoms with van der Waals surface area (Å²) in [7, 11) is 0. The second-order valence-corrected chi connectivity index (χ2v) is 10.3. The van der Waals surface area contributed by atoms with E-state index in [9.17, 15) is 0 Å². The summed E-state index contributed by atoms with van der Waals surface area (Å²) in [6.07, 6.45) is 0. The number of aromatic nitrogens is 1. The molecule has 5 rings (SSSR count). The van der Waals surface area contributed by atoms with E-state index in [-0.39, 0.29) is 0 Å². The van der Waals surface area contributed by atoms with E-state index >= 15 is 0 Å². The molecule has 1 nitrogen and oxygen atoms in total. The van der Waals surface area contributed by atoms with Crippen molar-refractivity contribution >= 4 is 0 Å². The molecule has 0 saturated carbocycles. The van der Waals surface area contributed by atoms with Crippen molar-refractivity contribution in [3.05, 3.63) is 170 Å². The quantitative estimate of drug-likeness (QED) is 0.184. The van der Waals surface area contributed by atoms with Gasteiger partial charge in [-0.3, -0.25) is 0 Å². The summed E-state index contributed by atoms with van der Waals surface area (Å²) in [5.41, 5.74) is 10.9. The molecular formula is C41H29N. The number of aryl methyl sites for hydroxylation is 4. The Hall–Kier alpha value is -5.73. The molecular weight excluding hydrogens is 506 g/mol. The molecule has 0 aliphatic carbocycles. The average Bonchev–Trinajstić information content (AvgIpc) is 2.97. The lowest BCUT2D eigenvalue weighted by Gasteiger charge is -2.03. The van der Waals surface area contributed by atoms with Gasteiger partial charge in [0, 0.05) is 22.3 Å². The van der Waals surface area contributed by atoms with Gasteiger partial charge in [0.15, 0.2) is 0 Å². The second kappa shape index (κ2) is 13.1. The Balaban J connectivity index is 1.69. The first-order valence-corrected chi connectivity index (χ1v) is 13.8.